The van der Waals surface area contributed by atoms with Crippen molar-refractivity contribution < 1.29 is 9.18 Å². The zero-order chi connectivity index (χ0) is 18.8. The summed E-state index contributed by atoms with van der Waals surface area (Å²) in [4.78, 5) is 18.7. The Bertz CT molecular complexity index is 853. The molecule has 1 fully saturated rings. The molecule has 1 saturated carbocycles. The van der Waals surface area contributed by atoms with Crippen molar-refractivity contribution in [2.75, 3.05) is 23.3 Å². The Labute approximate surface area is 158 Å². The quantitative estimate of drug-likeness (QED) is 0.873. The van der Waals surface area contributed by atoms with Crippen molar-refractivity contribution in [3.8, 4) is 0 Å². The van der Waals surface area contributed by atoms with E-state index in [4.69, 9.17) is 0 Å². The molecule has 0 saturated heterocycles. The van der Waals surface area contributed by atoms with Crippen LogP contribution in [0.4, 0.5) is 15.8 Å². The molecule has 1 aromatic heterocycles. The largest absolute Gasteiger partial charge is 0.380 e. The number of carbonyl (C=O) groups excluding carboxylic acids is 1. The van der Waals surface area contributed by atoms with Crippen molar-refractivity contribution in [1.82, 2.24) is 9.55 Å². The number of hydrogen-bond donors (Lipinski definition) is 1. The minimum Gasteiger partial charge on any atom is -0.380 e. The molecule has 1 aliphatic carbocycles. The van der Waals surface area contributed by atoms with Crippen molar-refractivity contribution in [2.45, 2.75) is 45.1 Å². The smallest absolute Gasteiger partial charge is 0.260 e. The molecule has 4 rings (SSSR count). The third-order valence-electron chi connectivity index (χ3n) is 5.51. The van der Waals surface area contributed by atoms with Gasteiger partial charge in [0, 0.05) is 48.3 Å². The van der Waals surface area contributed by atoms with Crippen molar-refractivity contribution in [1.29, 1.82) is 0 Å². The minimum absolute atomic E-state index is 0.124. The standard InChI is InChI=1S/C21H25FN4O/c1-2-25-13-16(21(27)26-9-8-23-14-26)10-15-11-18(22)19(12-20(15)25)24-17-6-4-3-5-7-17/h8-12,14,17,24H,2-7,13H2,1H3. The molecule has 6 heteroatoms. The lowest BCUT2D eigenvalue weighted by molar-refractivity contribution is 0.0954. The zero-order valence-corrected chi connectivity index (χ0v) is 15.6. The Morgan fingerprint density at radius 3 is 2.81 bits per heavy atom. The van der Waals surface area contributed by atoms with Crippen LogP contribution < -0.4 is 10.2 Å². The van der Waals surface area contributed by atoms with Crippen molar-refractivity contribution >= 4 is 23.4 Å². The lowest BCUT2D eigenvalue weighted by Crippen LogP contribution is -2.32. The van der Waals surface area contributed by atoms with Crippen LogP contribution in [0, 0.1) is 5.82 Å². The number of rotatable bonds is 4. The van der Waals surface area contributed by atoms with E-state index in [0.29, 0.717) is 23.8 Å². The van der Waals surface area contributed by atoms with Gasteiger partial charge in [0.15, 0.2) is 0 Å². The number of imidazole rings is 1. The number of nitrogens with zero attached hydrogens (tertiary/aromatic N) is 3. The molecular weight excluding hydrogens is 343 g/mol. The van der Waals surface area contributed by atoms with Crippen molar-refractivity contribution in [3.05, 3.63) is 47.8 Å². The van der Waals surface area contributed by atoms with Crippen LogP contribution in [0.2, 0.25) is 0 Å². The molecule has 2 aromatic rings. The van der Waals surface area contributed by atoms with Crippen LogP contribution in [0.25, 0.3) is 6.08 Å². The van der Waals surface area contributed by atoms with Crippen LogP contribution in [-0.4, -0.2) is 34.6 Å². The number of anilines is 2. The molecule has 0 unspecified atom stereocenters. The summed E-state index contributed by atoms with van der Waals surface area (Å²) in [6.07, 6.45) is 12.4. The van der Waals surface area contributed by atoms with Gasteiger partial charge in [-0.3, -0.25) is 9.36 Å². The van der Waals surface area contributed by atoms with Crippen LogP contribution in [0.1, 0.15) is 49.4 Å². The van der Waals surface area contributed by atoms with Crippen LogP contribution in [0.3, 0.4) is 0 Å². The monoisotopic (exact) mass is 368 g/mol. The van der Waals surface area contributed by atoms with Gasteiger partial charge >= 0.3 is 0 Å². The number of likely N-dealkylation sites (N-methyl/N-ethyl adjacent to an activating group) is 1. The number of nitrogens with one attached hydrogen (secondary N) is 1. The third kappa shape index (κ3) is 3.61. The van der Waals surface area contributed by atoms with Gasteiger partial charge in [0.05, 0.1) is 5.69 Å². The summed E-state index contributed by atoms with van der Waals surface area (Å²) in [5.41, 5.74) is 2.92. The summed E-state index contributed by atoms with van der Waals surface area (Å²) in [5.74, 6) is -0.385. The van der Waals surface area contributed by atoms with Crippen LogP contribution in [0.5, 0.6) is 0 Å². The maximum Gasteiger partial charge on any atom is 0.260 e. The molecule has 0 radical (unpaired) electrons. The predicted octanol–water partition coefficient (Wildman–Crippen LogP) is 4.33. The molecule has 5 nitrogen and oxygen atoms in total. The number of fused-ring (bicyclic) bond motifs is 1. The van der Waals surface area contributed by atoms with E-state index in [9.17, 15) is 9.18 Å². The van der Waals surface area contributed by atoms with Gasteiger partial charge in [-0.1, -0.05) is 19.3 Å². The summed E-state index contributed by atoms with van der Waals surface area (Å²) in [6.45, 7) is 3.30. The normalized spacial score (nSPS) is 17.4. The molecular formula is C21H25FN4O. The number of benzene rings is 1. The van der Waals surface area contributed by atoms with Gasteiger partial charge in [-0.2, -0.15) is 0 Å². The first-order valence-electron chi connectivity index (χ1n) is 9.74. The Hall–Kier alpha value is -2.63. The average Bonchev–Trinajstić information content (AvgIpc) is 3.23. The van der Waals surface area contributed by atoms with Gasteiger partial charge in [-0.15, -0.1) is 0 Å². The Kier molecular flexibility index (Phi) is 4.97. The first-order valence-corrected chi connectivity index (χ1v) is 9.74. The molecule has 1 N–H and O–H groups in total. The summed E-state index contributed by atoms with van der Waals surface area (Å²) < 4.78 is 16.2. The van der Waals surface area contributed by atoms with Gasteiger partial charge in [0.25, 0.3) is 5.91 Å². The maximum absolute atomic E-state index is 14.8. The van der Waals surface area contributed by atoms with Crippen LogP contribution in [-0.2, 0) is 0 Å². The maximum atomic E-state index is 14.8. The van der Waals surface area contributed by atoms with Crippen molar-refractivity contribution in [3.63, 3.8) is 0 Å². The zero-order valence-electron chi connectivity index (χ0n) is 15.6. The number of aromatic nitrogens is 2. The summed E-state index contributed by atoms with van der Waals surface area (Å²) >= 11 is 0. The Morgan fingerprint density at radius 1 is 1.30 bits per heavy atom. The highest BCUT2D eigenvalue weighted by atomic mass is 19.1. The van der Waals surface area contributed by atoms with Gasteiger partial charge in [0.1, 0.15) is 12.1 Å². The molecule has 0 atom stereocenters. The highest BCUT2D eigenvalue weighted by Crippen LogP contribution is 2.34. The lowest BCUT2D eigenvalue weighted by Gasteiger charge is -2.31. The number of halogens is 1. The van der Waals surface area contributed by atoms with Gasteiger partial charge in [-0.05, 0) is 38.0 Å². The summed E-state index contributed by atoms with van der Waals surface area (Å²) in [6, 6.07) is 3.79. The van der Waals surface area contributed by atoms with Gasteiger partial charge in [0.2, 0.25) is 0 Å². The topological polar surface area (TPSA) is 50.2 Å². The fourth-order valence-electron chi connectivity index (χ4n) is 4.02. The summed E-state index contributed by atoms with van der Waals surface area (Å²) in [7, 11) is 0. The summed E-state index contributed by atoms with van der Waals surface area (Å²) in [5, 5.41) is 3.40. The molecule has 0 spiro atoms. The molecule has 142 valence electrons. The fraction of sp³-hybridized carbons (Fsp3) is 0.429. The minimum atomic E-state index is -0.261. The molecule has 2 aliphatic rings. The SMILES string of the molecule is CCN1CC(C(=O)n2ccnc2)=Cc2cc(F)c(NC3CCCCC3)cc21. The van der Waals surface area contributed by atoms with E-state index in [1.165, 1.54) is 30.2 Å². The lowest BCUT2D eigenvalue weighted by atomic mass is 9.95. The first-order chi connectivity index (χ1) is 13.2. The van der Waals surface area contributed by atoms with E-state index in [0.717, 1.165) is 30.6 Å². The van der Waals surface area contributed by atoms with Crippen molar-refractivity contribution in [2.24, 2.45) is 0 Å². The van der Waals surface area contributed by atoms with Crippen LogP contribution in [0.15, 0.2) is 36.4 Å². The predicted molar refractivity (Wildman–Crippen MR) is 106 cm³/mol. The molecule has 0 bridgehead atoms. The fourth-order valence-corrected chi connectivity index (χ4v) is 4.02. The van der Waals surface area contributed by atoms with E-state index < -0.39 is 0 Å². The number of carbonyl (C=O) groups is 1. The second-order valence-corrected chi connectivity index (χ2v) is 7.33. The molecule has 0 amide bonds. The third-order valence-corrected chi connectivity index (χ3v) is 5.51. The van der Waals surface area contributed by atoms with E-state index in [1.54, 1.807) is 24.5 Å². The molecule has 27 heavy (non-hydrogen) atoms. The Morgan fingerprint density at radius 2 is 2.11 bits per heavy atom. The average molecular weight is 368 g/mol. The van der Waals surface area contributed by atoms with E-state index in [-0.39, 0.29) is 11.7 Å². The molecule has 2 heterocycles. The van der Waals surface area contributed by atoms with Gasteiger partial charge in [-0.25, -0.2) is 9.37 Å². The number of hydrogen-bond acceptors (Lipinski definition) is 4. The first kappa shape index (κ1) is 17.8. The molecule has 1 aliphatic heterocycles. The van der Waals surface area contributed by atoms with E-state index >= 15 is 0 Å². The Balaban J connectivity index is 1.64. The molecule has 1 aromatic carbocycles. The second-order valence-electron chi connectivity index (χ2n) is 7.33. The second kappa shape index (κ2) is 7.55. The highest BCUT2D eigenvalue weighted by Gasteiger charge is 2.24. The highest BCUT2D eigenvalue weighted by molar-refractivity contribution is 6.02. The van der Waals surface area contributed by atoms with Gasteiger partial charge < -0.3 is 10.2 Å². The van der Waals surface area contributed by atoms with Crippen LogP contribution >= 0.6 is 0 Å². The van der Waals surface area contributed by atoms with E-state index in [2.05, 4.69) is 15.2 Å². The van der Waals surface area contributed by atoms with E-state index in [1.807, 2.05) is 13.0 Å².